The molecule has 0 fully saturated rings. The SMILES string of the molecule is CS(C)(CCCN1C(=O)C2=C(c3ccc(-c4ccc(-c5cccs5)s4)s3)N(CCCS(C)(C)c3ccccc3)C(=O)C2=C1c1ccc(-c2ccc(-c3cccs3)s2)s1)c1ccccc1. The van der Waals surface area contributed by atoms with Gasteiger partial charge in [0.05, 0.1) is 32.3 Å². The largest absolute Gasteiger partial charge is 0.306 e. The first kappa shape index (κ1) is 43.6. The van der Waals surface area contributed by atoms with Gasteiger partial charge < -0.3 is 9.80 Å². The van der Waals surface area contributed by atoms with Gasteiger partial charge in [0, 0.05) is 52.1 Å². The third kappa shape index (κ3) is 8.52. The molecule has 0 aliphatic carbocycles. The summed E-state index contributed by atoms with van der Waals surface area (Å²) in [6, 6.07) is 47.5. The zero-order chi connectivity index (χ0) is 44.0. The lowest BCUT2D eigenvalue weighted by molar-refractivity contribution is -0.124. The summed E-state index contributed by atoms with van der Waals surface area (Å²) >= 11 is 10.5. The number of rotatable bonds is 16. The number of carbonyl (C=O) groups excluding carboxylic acids is 2. The lowest BCUT2D eigenvalue weighted by atomic mass is 10.1. The van der Waals surface area contributed by atoms with Gasteiger partial charge in [0.15, 0.2) is 0 Å². The van der Waals surface area contributed by atoms with Crippen molar-refractivity contribution in [3.05, 3.63) is 165 Å². The summed E-state index contributed by atoms with van der Waals surface area (Å²) in [5.41, 5.74) is 2.67. The molecule has 0 atom stereocenters. The van der Waals surface area contributed by atoms with Gasteiger partial charge in [-0.3, -0.25) is 9.59 Å². The van der Waals surface area contributed by atoms with Crippen LogP contribution >= 0.6 is 88.1 Å². The second-order valence-corrected chi connectivity index (χ2v) is 30.9. The van der Waals surface area contributed by atoms with Gasteiger partial charge in [-0.05, 0) is 131 Å². The molecule has 10 rings (SSSR count). The van der Waals surface area contributed by atoms with E-state index < -0.39 is 20.1 Å². The van der Waals surface area contributed by atoms with Crippen molar-refractivity contribution in [1.82, 2.24) is 9.80 Å². The first-order valence-corrected chi connectivity index (χ1v) is 31.5. The second kappa shape index (κ2) is 18.2. The molecule has 326 valence electrons. The fourth-order valence-electron chi connectivity index (χ4n) is 8.55. The monoisotopic (exact) mass is 988 g/mol. The highest BCUT2D eigenvalue weighted by atomic mass is 32.3. The van der Waals surface area contributed by atoms with Gasteiger partial charge in [-0.1, -0.05) is 72.8 Å². The number of nitrogens with zero attached hydrogens (tertiary/aromatic N) is 2. The van der Waals surface area contributed by atoms with Crippen LogP contribution in [0, 0.1) is 0 Å². The van der Waals surface area contributed by atoms with Crippen molar-refractivity contribution >= 4 is 111 Å². The van der Waals surface area contributed by atoms with Crippen LogP contribution in [0.1, 0.15) is 22.6 Å². The van der Waals surface area contributed by atoms with Crippen LogP contribution in [0.5, 0.6) is 0 Å². The molecule has 2 aliphatic rings. The number of thiophene rings is 6. The molecular formula is C52H48N2O2S8. The molecule has 2 aromatic carbocycles. The van der Waals surface area contributed by atoms with Gasteiger partial charge in [0.2, 0.25) is 0 Å². The molecule has 0 spiro atoms. The summed E-state index contributed by atoms with van der Waals surface area (Å²) < 4.78 is 0. The molecule has 2 aliphatic heterocycles. The van der Waals surface area contributed by atoms with E-state index in [0.717, 1.165) is 55.3 Å². The minimum Gasteiger partial charge on any atom is -0.306 e. The standard InChI is InChI=1S/C52H48N2O2S8/c1-63(2,35-15-7-5-8-16-35)33-13-29-53-49(45-27-25-43(61-45)41-23-21-39(59-41)37-19-11-31-57-37)47-48(51(53)55)50(54(52(47)56)30-14-34-64(3,4)36-17-9-6-10-18-36)46-28-26-44(62-46)42-24-22-40(60-42)38-20-12-32-58-38/h5-12,15-28,31-32H,13-14,29-30,33-34H2,1-4H3. The molecule has 0 N–H and O–H groups in total. The maximum atomic E-state index is 15.4. The smallest absolute Gasteiger partial charge is 0.261 e. The lowest BCUT2D eigenvalue weighted by Gasteiger charge is -2.33. The zero-order valence-electron chi connectivity index (χ0n) is 36.1. The van der Waals surface area contributed by atoms with Gasteiger partial charge in [-0.15, -0.1) is 68.0 Å². The van der Waals surface area contributed by atoms with Crippen molar-refractivity contribution in [2.75, 3.05) is 49.6 Å². The maximum Gasteiger partial charge on any atom is 0.261 e. The predicted octanol–water partition coefficient (Wildman–Crippen LogP) is 15.6. The van der Waals surface area contributed by atoms with Gasteiger partial charge in [0.1, 0.15) is 0 Å². The first-order valence-electron chi connectivity index (χ1n) is 21.2. The van der Waals surface area contributed by atoms with Gasteiger partial charge in [-0.2, -0.15) is 0 Å². The van der Waals surface area contributed by atoms with Gasteiger partial charge in [-0.25, -0.2) is 20.1 Å². The van der Waals surface area contributed by atoms with Crippen molar-refractivity contribution in [1.29, 1.82) is 0 Å². The molecule has 6 aromatic heterocycles. The summed E-state index contributed by atoms with van der Waals surface area (Å²) in [6.45, 7) is 1.09. The van der Waals surface area contributed by atoms with Crippen molar-refractivity contribution < 1.29 is 9.59 Å². The van der Waals surface area contributed by atoms with E-state index in [1.807, 2.05) is 9.80 Å². The normalized spacial score (nSPS) is 15.0. The van der Waals surface area contributed by atoms with Crippen molar-refractivity contribution in [2.24, 2.45) is 0 Å². The number of amides is 2. The van der Waals surface area contributed by atoms with Crippen LogP contribution in [0.2, 0.25) is 0 Å². The number of hydrogen-bond donors (Lipinski definition) is 0. The Balaban J connectivity index is 1.05. The highest BCUT2D eigenvalue weighted by Gasteiger charge is 2.49. The molecule has 12 heteroatoms. The summed E-state index contributed by atoms with van der Waals surface area (Å²) in [4.78, 5) is 49.0. The molecular weight excluding hydrogens is 941 g/mol. The lowest BCUT2D eigenvalue weighted by Crippen LogP contribution is -2.31. The highest BCUT2D eigenvalue weighted by molar-refractivity contribution is 8.33. The molecule has 8 heterocycles. The zero-order valence-corrected chi connectivity index (χ0v) is 42.6. The number of hydrogen-bond acceptors (Lipinski definition) is 8. The Bertz CT molecular complexity index is 2790. The summed E-state index contributed by atoms with van der Waals surface area (Å²) in [5.74, 6) is 1.84. The third-order valence-corrected chi connectivity index (χ3v) is 24.5. The number of benzene rings is 2. The van der Waals surface area contributed by atoms with E-state index in [1.54, 1.807) is 68.0 Å². The van der Waals surface area contributed by atoms with Crippen LogP contribution < -0.4 is 0 Å². The van der Waals surface area contributed by atoms with E-state index in [-0.39, 0.29) is 11.8 Å². The molecule has 64 heavy (non-hydrogen) atoms. The molecule has 0 radical (unpaired) electrons. The first-order chi connectivity index (χ1) is 31.1. The number of fused-ring (bicyclic) bond motifs is 1. The molecule has 4 nitrogen and oxygen atoms in total. The fourth-order valence-corrected chi connectivity index (χ4v) is 18.5. The minimum atomic E-state index is -1.10. The summed E-state index contributed by atoms with van der Waals surface area (Å²) in [5, 5.41) is 4.24. The van der Waals surface area contributed by atoms with E-state index in [2.05, 4.69) is 169 Å². The summed E-state index contributed by atoms with van der Waals surface area (Å²) in [7, 11) is -2.20. The Kier molecular flexibility index (Phi) is 12.4. The molecule has 0 saturated carbocycles. The molecule has 0 unspecified atom stereocenters. The molecule has 0 saturated heterocycles. The van der Waals surface area contributed by atoms with Crippen molar-refractivity contribution in [3.63, 3.8) is 0 Å². The van der Waals surface area contributed by atoms with E-state index in [1.165, 1.54) is 39.1 Å². The maximum absolute atomic E-state index is 15.4. The fraction of sp³-hybridized carbons (Fsp3) is 0.192. The minimum absolute atomic E-state index is 0.0595. The van der Waals surface area contributed by atoms with Crippen LogP contribution in [-0.2, 0) is 9.59 Å². The number of carbonyl (C=O) groups is 2. The quantitative estimate of drug-likeness (QED) is 0.0968. The summed E-state index contributed by atoms with van der Waals surface area (Å²) in [6.07, 6.45) is 11.1. The Hall–Kier alpha value is -4.24. The second-order valence-electron chi connectivity index (χ2n) is 16.8. The average molecular weight is 990 g/mol. The van der Waals surface area contributed by atoms with E-state index in [9.17, 15) is 0 Å². The van der Waals surface area contributed by atoms with Gasteiger partial charge in [0.25, 0.3) is 11.8 Å². The van der Waals surface area contributed by atoms with Gasteiger partial charge >= 0.3 is 0 Å². The van der Waals surface area contributed by atoms with E-state index in [4.69, 9.17) is 0 Å². The topological polar surface area (TPSA) is 40.6 Å². The van der Waals surface area contributed by atoms with Crippen molar-refractivity contribution in [2.45, 2.75) is 22.6 Å². The van der Waals surface area contributed by atoms with Crippen molar-refractivity contribution in [3.8, 4) is 39.0 Å². The molecule has 8 aromatic rings. The van der Waals surface area contributed by atoms with Crippen LogP contribution in [0.3, 0.4) is 0 Å². The Morgan fingerprint density at radius 2 is 0.719 bits per heavy atom. The highest BCUT2D eigenvalue weighted by Crippen LogP contribution is 2.54. The van der Waals surface area contributed by atoms with Crippen LogP contribution in [0.15, 0.2) is 165 Å². The Morgan fingerprint density at radius 1 is 0.391 bits per heavy atom. The Labute approximate surface area is 403 Å². The Morgan fingerprint density at radius 3 is 1.06 bits per heavy atom. The van der Waals surface area contributed by atoms with E-state index >= 15 is 9.59 Å². The molecule has 0 bridgehead atoms. The average Bonchev–Trinajstić information content (AvgIpc) is 4.15. The van der Waals surface area contributed by atoms with Crippen LogP contribution in [0.4, 0.5) is 0 Å². The predicted molar refractivity (Wildman–Crippen MR) is 286 cm³/mol. The third-order valence-electron chi connectivity index (χ3n) is 11.9. The van der Waals surface area contributed by atoms with Crippen LogP contribution in [0.25, 0.3) is 50.4 Å². The van der Waals surface area contributed by atoms with E-state index in [0.29, 0.717) is 24.2 Å². The van der Waals surface area contributed by atoms with Crippen LogP contribution in [-0.4, -0.2) is 71.2 Å². The molecule has 2 amide bonds.